The zero-order valence-electron chi connectivity index (χ0n) is 8.84. The molecule has 0 aliphatic rings. The number of aryl methyl sites for hydroxylation is 1. The zero-order valence-corrected chi connectivity index (χ0v) is 9.66. The maximum Gasteiger partial charge on any atom is 0.131 e. The maximum atomic E-state index is 5.23. The lowest BCUT2D eigenvalue weighted by molar-refractivity contribution is 1.27. The van der Waals surface area contributed by atoms with Gasteiger partial charge in [0, 0.05) is 12.4 Å². The van der Waals surface area contributed by atoms with Gasteiger partial charge in [-0.25, -0.2) is 4.98 Å². The van der Waals surface area contributed by atoms with Crippen LogP contribution in [0.2, 0.25) is 0 Å². The van der Waals surface area contributed by atoms with Crippen LogP contribution in [0.4, 0.5) is 5.82 Å². The van der Waals surface area contributed by atoms with E-state index >= 15 is 0 Å². The average Bonchev–Trinajstić information content (AvgIpc) is 2.30. The Bertz CT molecular complexity index is 497. The highest BCUT2D eigenvalue weighted by Gasteiger charge is 2.02. The number of rotatable bonds is 2. The number of thiocarbonyl (C=S) groups is 1. The number of pyridine rings is 2. The smallest absolute Gasteiger partial charge is 0.131 e. The number of hydrogen-bond acceptors (Lipinski definition) is 3. The van der Waals surface area contributed by atoms with Gasteiger partial charge >= 0.3 is 0 Å². The average molecular weight is 229 g/mol. The molecule has 2 rings (SSSR count). The van der Waals surface area contributed by atoms with Crippen LogP contribution in [0.15, 0.2) is 42.7 Å². The van der Waals surface area contributed by atoms with Gasteiger partial charge < -0.3 is 5.32 Å². The minimum atomic E-state index is 0.582. The van der Waals surface area contributed by atoms with Gasteiger partial charge in [-0.15, -0.1) is 0 Å². The molecule has 80 valence electrons. The molecule has 1 N–H and O–H groups in total. The van der Waals surface area contributed by atoms with E-state index in [0.29, 0.717) is 4.99 Å². The van der Waals surface area contributed by atoms with E-state index in [1.54, 1.807) is 12.4 Å². The Hall–Kier alpha value is -1.81. The molecular weight excluding hydrogens is 218 g/mol. The lowest BCUT2D eigenvalue weighted by Crippen LogP contribution is -2.12. The number of nitrogens with zero attached hydrogens (tertiary/aromatic N) is 2. The Morgan fingerprint density at radius 3 is 2.75 bits per heavy atom. The Balaban J connectivity index is 2.14. The third-order valence-electron chi connectivity index (χ3n) is 2.05. The van der Waals surface area contributed by atoms with Gasteiger partial charge in [0.2, 0.25) is 0 Å². The van der Waals surface area contributed by atoms with Crippen molar-refractivity contribution in [3.8, 4) is 0 Å². The SMILES string of the molecule is Cc1ccnc(NC(=S)c2ccccn2)c1. The van der Waals surface area contributed by atoms with Crippen LogP contribution in [0.1, 0.15) is 11.3 Å². The molecule has 4 heteroatoms. The summed E-state index contributed by atoms with van der Waals surface area (Å²) in [5, 5.41) is 3.06. The fourth-order valence-corrected chi connectivity index (χ4v) is 1.51. The van der Waals surface area contributed by atoms with E-state index in [1.165, 1.54) is 0 Å². The first kappa shape index (κ1) is 10.7. The Morgan fingerprint density at radius 2 is 2.06 bits per heavy atom. The zero-order chi connectivity index (χ0) is 11.4. The number of hydrogen-bond donors (Lipinski definition) is 1. The molecule has 3 nitrogen and oxygen atoms in total. The quantitative estimate of drug-likeness (QED) is 0.803. The second kappa shape index (κ2) is 4.81. The van der Waals surface area contributed by atoms with Gasteiger partial charge in [-0.3, -0.25) is 4.98 Å². The molecule has 0 aromatic carbocycles. The summed E-state index contributed by atoms with van der Waals surface area (Å²) >= 11 is 5.23. The molecule has 0 spiro atoms. The molecule has 0 aliphatic carbocycles. The van der Waals surface area contributed by atoms with Gasteiger partial charge in [-0.1, -0.05) is 18.3 Å². The van der Waals surface area contributed by atoms with Crippen LogP contribution in [0, 0.1) is 6.92 Å². The summed E-state index contributed by atoms with van der Waals surface area (Å²) in [5.41, 5.74) is 1.89. The van der Waals surface area contributed by atoms with E-state index in [2.05, 4.69) is 15.3 Å². The van der Waals surface area contributed by atoms with Crippen LogP contribution in [0.3, 0.4) is 0 Å². The van der Waals surface area contributed by atoms with E-state index in [9.17, 15) is 0 Å². The van der Waals surface area contributed by atoms with E-state index < -0.39 is 0 Å². The van der Waals surface area contributed by atoms with Crippen molar-refractivity contribution in [2.24, 2.45) is 0 Å². The minimum absolute atomic E-state index is 0.582. The van der Waals surface area contributed by atoms with Crippen molar-refractivity contribution in [2.75, 3.05) is 5.32 Å². The van der Waals surface area contributed by atoms with E-state index in [-0.39, 0.29) is 0 Å². The van der Waals surface area contributed by atoms with E-state index in [0.717, 1.165) is 17.1 Å². The largest absolute Gasteiger partial charge is 0.330 e. The standard InChI is InChI=1S/C12H11N3S/c1-9-5-7-14-11(8-9)15-12(16)10-4-2-3-6-13-10/h2-8H,1H3,(H,14,15,16). The van der Waals surface area contributed by atoms with Gasteiger partial charge in [0.15, 0.2) is 0 Å². The second-order valence-electron chi connectivity index (χ2n) is 3.39. The highest BCUT2D eigenvalue weighted by molar-refractivity contribution is 7.81. The molecule has 2 aromatic rings. The van der Waals surface area contributed by atoms with Crippen molar-refractivity contribution in [1.82, 2.24) is 9.97 Å². The molecule has 0 atom stereocenters. The first-order valence-corrected chi connectivity index (χ1v) is 5.31. The number of anilines is 1. The summed E-state index contributed by atoms with van der Waals surface area (Å²) < 4.78 is 0. The van der Waals surface area contributed by atoms with Crippen molar-refractivity contribution in [2.45, 2.75) is 6.92 Å². The predicted octanol–water partition coefficient (Wildman–Crippen LogP) is 2.57. The third-order valence-corrected chi connectivity index (χ3v) is 2.37. The molecule has 0 saturated heterocycles. The molecule has 2 aromatic heterocycles. The topological polar surface area (TPSA) is 37.8 Å². The summed E-state index contributed by atoms with van der Waals surface area (Å²) in [6.07, 6.45) is 3.46. The highest BCUT2D eigenvalue weighted by Crippen LogP contribution is 2.07. The second-order valence-corrected chi connectivity index (χ2v) is 3.80. The Kier molecular flexibility index (Phi) is 3.22. The molecule has 0 unspecified atom stereocenters. The van der Waals surface area contributed by atoms with Gasteiger partial charge in [-0.2, -0.15) is 0 Å². The first-order chi connectivity index (χ1) is 7.75. The molecule has 0 radical (unpaired) electrons. The third kappa shape index (κ3) is 2.61. The molecule has 0 amide bonds. The monoisotopic (exact) mass is 229 g/mol. The lowest BCUT2D eigenvalue weighted by atomic mass is 10.3. The van der Waals surface area contributed by atoms with Crippen LogP contribution >= 0.6 is 12.2 Å². The first-order valence-electron chi connectivity index (χ1n) is 4.91. The summed E-state index contributed by atoms with van der Waals surface area (Å²) in [5.74, 6) is 0.746. The highest BCUT2D eigenvalue weighted by atomic mass is 32.1. The molecular formula is C12H11N3S. The number of nitrogens with one attached hydrogen (secondary N) is 1. The predicted molar refractivity (Wildman–Crippen MR) is 68.5 cm³/mol. The number of aromatic nitrogens is 2. The van der Waals surface area contributed by atoms with Crippen LogP contribution in [-0.4, -0.2) is 15.0 Å². The molecule has 2 heterocycles. The van der Waals surface area contributed by atoms with Gasteiger partial charge in [0.1, 0.15) is 10.8 Å². The Labute approximate surface area is 99.6 Å². The van der Waals surface area contributed by atoms with E-state index in [4.69, 9.17) is 12.2 Å². The summed E-state index contributed by atoms with van der Waals surface area (Å²) in [4.78, 5) is 8.93. The summed E-state index contributed by atoms with van der Waals surface area (Å²) in [6.45, 7) is 2.01. The van der Waals surface area contributed by atoms with Crippen molar-refractivity contribution < 1.29 is 0 Å². The van der Waals surface area contributed by atoms with Crippen LogP contribution in [-0.2, 0) is 0 Å². The van der Waals surface area contributed by atoms with Crippen LogP contribution < -0.4 is 5.32 Å². The summed E-state index contributed by atoms with van der Waals surface area (Å²) in [6, 6.07) is 9.51. The Morgan fingerprint density at radius 1 is 1.19 bits per heavy atom. The van der Waals surface area contributed by atoms with E-state index in [1.807, 2.05) is 37.3 Å². The van der Waals surface area contributed by atoms with Gasteiger partial charge in [0.05, 0.1) is 5.69 Å². The summed E-state index contributed by atoms with van der Waals surface area (Å²) in [7, 11) is 0. The molecule has 16 heavy (non-hydrogen) atoms. The fourth-order valence-electron chi connectivity index (χ4n) is 1.28. The van der Waals surface area contributed by atoms with Crippen molar-refractivity contribution in [3.63, 3.8) is 0 Å². The van der Waals surface area contributed by atoms with Gasteiger partial charge in [-0.05, 0) is 36.8 Å². The lowest BCUT2D eigenvalue weighted by Gasteiger charge is -2.06. The van der Waals surface area contributed by atoms with Crippen molar-refractivity contribution in [3.05, 3.63) is 54.0 Å². The molecule has 0 bridgehead atoms. The van der Waals surface area contributed by atoms with Crippen LogP contribution in [0.25, 0.3) is 0 Å². The van der Waals surface area contributed by atoms with Crippen molar-refractivity contribution >= 4 is 23.0 Å². The molecule has 0 fully saturated rings. The van der Waals surface area contributed by atoms with Crippen LogP contribution in [0.5, 0.6) is 0 Å². The fraction of sp³-hybridized carbons (Fsp3) is 0.0833. The van der Waals surface area contributed by atoms with Gasteiger partial charge in [0.25, 0.3) is 0 Å². The normalized spacial score (nSPS) is 9.81. The maximum absolute atomic E-state index is 5.23. The minimum Gasteiger partial charge on any atom is -0.330 e. The van der Waals surface area contributed by atoms with Crippen molar-refractivity contribution in [1.29, 1.82) is 0 Å². The molecule has 0 aliphatic heterocycles. The molecule has 0 saturated carbocycles.